The number of ether oxygens (including phenoxy) is 2. The van der Waals surface area contributed by atoms with E-state index in [4.69, 9.17) is 16.0 Å². The van der Waals surface area contributed by atoms with Gasteiger partial charge in [0.1, 0.15) is 13.1 Å². The number of anilines is 2. The number of benzene rings is 2. The molecule has 13 fully saturated rings. The number of nitrogens with one attached hydrogen (secondary N) is 6. The average molecular weight is 1700 g/mol. The summed E-state index contributed by atoms with van der Waals surface area (Å²) in [5, 5.41) is 26.2. The van der Waals surface area contributed by atoms with E-state index in [-0.39, 0.29) is 90.9 Å². The molecule has 2 aromatic rings. The Bertz CT molecular complexity index is 4040. The van der Waals surface area contributed by atoms with Crippen molar-refractivity contribution in [3.63, 3.8) is 0 Å². The Kier molecular flexibility index (Phi) is 28.7. The van der Waals surface area contributed by atoms with Crippen LogP contribution in [0.1, 0.15) is 229 Å². The third-order valence-electron chi connectivity index (χ3n) is 28.5. The van der Waals surface area contributed by atoms with E-state index in [1.54, 1.807) is 48.2 Å². The number of imide groups is 2. The van der Waals surface area contributed by atoms with E-state index in [9.17, 15) is 73.5 Å². The maximum absolute atomic E-state index is 13.8. The molecule has 0 bridgehead atoms. The molecule has 33 heteroatoms. The van der Waals surface area contributed by atoms with Crippen molar-refractivity contribution in [2.75, 3.05) is 116 Å². The van der Waals surface area contributed by atoms with Gasteiger partial charge in [-0.3, -0.25) is 24.2 Å². The summed E-state index contributed by atoms with van der Waals surface area (Å²) in [6.45, 7) is 19.6. The van der Waals surface area contributed by atoms with Crippen molar-refractivity contribution in [1.29, 1.82) is 0 Å². The summed E-state index contributed by atoms with van der Waals surface area (Å²) in [5.41, 5.74) is -0.560. The van der Waals surface area contributed by atoms with E-state index in [0.29, 0.717) is 148 Å². The molecule has 2 aromatic carbocycles. The van der Waals surface area contributed by atoms with Gasteiger partial charge in [0, 0.05) is 166 Å². The maximum Gasteiger partial charge on any atom is 0.418 e. The van der Waals surface area contributed by atoms with Crippen LogP contribution in [0.5, 0.6) is 0 Å². The number of halogens is 8. The average Bonchev–Trinajstić information content (AvgIpc) is 1.55. The molecule has 7 N–H and O–H groups in total. The van der Waals surface area contributed by atoms with E-state index >= 15 is 0 Å². The number of carboxylic acids is 1. The highest BCUT2D eigenvalue weighted by atomic mass is 19.3. The molecule has 6 spiro atoms. The second kappa shape index (κ2) is 36.8. The van der Waals surface area contributed by atoms with E-state index in [0.717, 1.165) is 101 Å². The van der Waals surface area contributed by atoms with Gasteiger partial charge in [-0.1, -0.05) is 48.2 Å². The Morgan fingerprint density at radius 1 is 0.517 bits per heavy atom. The lowest BCUT2D eigenvalue weighted by molar-refractivity contribution is -0.144. The fourth-order valence-corrected chi connectivity index (χ4v) is 20.7. The number of hydrogen-bond donors (Lipinski definition) is 7. The van der Waals surface area contributed by atoms with Crippen molar-refractivity contribution in [3.05, 3.63) is 58.7 Å². The van der Waals surface area contributed by atoms with Crippen molar-refractivity contribution in [1.82, 2.24) is 55.6 Å². The number of fused-ring (bicyclic) bond motifs is 4. The lowest BCUT2D eigenvalue weighted by atomic mass is 9.92. The van der Waals surface area contributed by atoms with Crippen molar-refractivity contribution in [3.8, 4) is 0 Å². The molecule has 672 valence electrons. The number of piperidine rings is 4. The summed E-state index contributed by atoms with van der Waals surface area (Å²) in [4.78, 5) is 116. The minimum Gasteiger partial charge on any atom is -0.480 e. The zero-order valence-electron chi connectivity index (χ0n) is 69.7. The van der Waals surface area contributed by atoms with Crippen molar-refractivity contribution in [2.45, 2.75) is 295 Å². The molecule has 16 aliphatic rings. The minimum absolute atomic E-state index is 0. The monoisotopic (exact) mass is 1700 g/mol. The summed E-state index contributed by atoms with van der Waals surface area (Å²) in [6.07, 6.45) is 14.0. The highest BCUT2D eigenvalue weighted by Gasteiger charge is 2.74. The van der Waals surface area contributed by atoms with Gasteiger partial charge in [0.05, 0.1) is 6.04 Å². The third-order valence-corrected chi connectivity index (χ3v) is 28.5. The summed E-state index contributed by atoms with van der Waals surface area (Å²) >= 11 is 0. The van der Waals surface area contributed by atoms with Gasteiger partial charge in [0.15, 0.2) is 0 Å². The van der Waals surface area contributed by atoms with Gasteiger partial charge >= 0.3 is 30.2 Å². The SMILES string of the molecule is C.C.C.CC1=N[C@H](CN2CCC3(CC2)CC3(F)F)CC1.CNC(=O)Nc1ccc2c(c1)CC[C@@]21OC(=O)N(CC(=O)N2[C@H](CN3CCC4(CC3)CC4(F)F)CC[C@@H]2C)C1=O.CNC(=O)Nc1ccc2c(c1)CC[C@@]21OC(=O)N(CC(=O)O)C1=O.C[C@H]1CC[C@@H](CN2CCC3(CC2)CC3(F)F)N1.C[C@H]1CC[C@@H](CN2CCC3(CC2)CC3(F)F)N1.[2H]CC. The molecule has 6 aliphatic carbocycles. The van der Waals surface area contributed by atoms with E-state index < -0.39 is 99.6 Å². The van der Waals surface area contributed by atoms with Gasteiger partial charge in [-0.25, -0.2) is 64.1 Å². The topological polar surface area (TPSA) is 282 Å². The molecule has 9 saturated heterocycles. The number of nitrogens with zero attached hydrogens (tertiary/aromatic N) is 8. The number of aliphatic carboxylic acids is 1. The first-order valence-electron chi connectivity index (χ1n) is 43.1. The Hall–Kier alpha value is -7.33. The van der Waals surface area contributed by atoms with Crippen LogP contribution in [-0.4, -0.2) is 265 Å². The molecule has 18 rings (SSSR count). The predicted molar refractivity (Wildman–Crippen MR) is 442 cm³/mol. The van der Waals surface area contributed by atoms with Crippen molar-refractivity contribution in [2.24, 2.45) is 26.7 Å². The smallest absolute Gasteiger partial charge is 0.418 e. The van der Waals surface area contributed by atoms with Gasteiger partial charge in [-0.2, -0.15) is 0 Å². The number of rotatable bonds is 14. The highest BCUT2D eigenvalue weighted by Crippen LogP contribution is 2.69. The summed E-state index contributed by atoms with van der Waals surface area (Å²) in [6, 6.07) is 12.0. The molecule has 120 heavy (non-hydrogen) atoms. The molecule has 4 saturated carbocycles. The first-order valence-corrected chi connectivity index (χ1v) is 42.4. The van der Waals surface area contributed by atoms with Gasteiger partial charge < -0.3 is 71.0 Å². The van der Waals surface area contributed by atoms with Crippen molar-refractivity contribution < 1.29 is 89.4 Å². The summed E-state index contributed by atoms with van der Waals surface area (Å²) in [7, 11) is 3.00. The first kappa shape index (κ1) is 93.4. The van der Waals surface area contributed by atoms with E-state index in [1.807, 2.05) is 6.92 Å². The number of carboxylic acid groups (broad SMARTS) is 1. The molecule has 0 unspecified atom stereocenters. The number of hydrogen-bond acceptors (Lipinski definition) is 17. The second-order valence-corrected chi connectivity index (χ2v) is 36.2. The van der Waals surface area contributed by atoms with Crippen LogP contribution in [-0.2, 0) is 52.7 Å². The van der Waals surface area contributed by atoms with Gasteiger partial charge in [-0.15, -0.1) is 0 Å². The molecule has 10 aliphatic heterocycles. The zero-order chi connectivity index (χ0) is 84.9. The number of urea groups is 2. The standard InChI is InChI=1S/C28H35F2N5O5.C15H15N3O6.2C13H22F2N2.C13H20F2N2.C2H6.3CH4/c1-17-3-5-20(14-33-11-9-26(10-12-33)16-28(26,29)30)35(17)22(36)15-34-23(37)27(40-25(34)39)8-7-18-13-19(4-6-21(18)27)32-24(38)31-2;1-16-13(22)17-9-2-3-10-8(6-9)4-5-15(10)12(21)18(7-11(19)20)14(23)24-15;3*1-10-2-3-11(16-10)8-17-6-4-12(5-7-17)9-13(12,14)15;1-2;;;/h4,6,13,17,20H,3,5,7-12,14-16H2,1-2H3,(H2,31,32,38);2-3,6H,4-5,7H2,1H3,(H,19,20)(H2,16,17,22);2*10-11,16H,2-9H2,1H3;11H,2-9H2,1H3;1-2H3;3*1H4/t17-,20-,27+;15-;2*10-,11-;11-;;;;/m01000..../s1/i;;;;;1D;;;. The Morgan fingerprint density at radius 3 is 1.20 bits per heavy atom. The maximum atomic E-state index is 13.8. The minimum atomic E-state index is -2.54. The second-order valence-electron chi connectivity index (χ2n) is 36.2. The Labute approximate surface area is 703 Å². The fraction of sp³-hybridized carbons (Fsp3) is 0.759. The normalized spacial score (nSPS) is 30.7. The molecular formula is C87H132F8N14O11. The van der Waals surface area contributed by atoms with Crippen LogP contribution in [0.2, 0.25) is 0 Å². The molecule has 0 radical (unpaired) electrons. The molecule has 9 atom stereocenters. The van der Waals surface area contributed by atoms with Crippen LogP contribution in [0.15, 0.2) is 41.4 Å². The van der Waals surface area contributed by atoms with Crippen LogP contribution in [0.25, 0.3) is 0 Å². The van der Waals surface area contributed by atoms with E-state index in [1.165, 1.54) is 45.5 Å². The molecule has 25 nitrogen and oxygen atoms in total. The first-order chi connectivity index (χ1) is 55.8. The van der Waals surface area contributed by atoms with Crippen LogP contribution in [0.3, 0.4) is 0 Å². The molecular weight excluding hydrogens is 1570 g/mol. The van der Waals surface area contributed by atoms with Gasteiger partial charge in [0.25, 0.3) is 35.5 Å². The quantitative estimate of drug-likeness (QED) is 0.0866. The number of carbonyl (C=O) groups excluding carboxylic acids is 7. The van der Waals surface area contributed by atoms with Crippen molar-refractivity contribution >= 4 is 65.0 Å². The number of amides is 9. The Morgan fingerprint density at radius 2 is 0.875 bits per heavy atom. The van der Waals surface area contributed by atoms with Crippen LogP contribution < -0.4 is 31.9 Å². The van der Waals surface area contributed by atoms with Crippen LogP contribution in [0, 0.1) is 21.7 Å². The Balaban J connectivity index is 0.000000164. The lowest BCUT2D eigenvalue weighted by Crippen LogP contribution is -2.51. The van der Waals surface area contributed by atoms with Gasteiger partial charge in [-0.05, 0) is 231 Å². The zero-order valence-corrected chi connectivity index (χ0v) is 68.7. The molecule has 0 aromatic heterocycles. The van der Waals surface area contributed by atoms with E-state index in [2.05, 4.69) is 77.3 Å². The van der Waals surface area contributed by atoms with Crippen LogP contribution >= 0.6 is 0 Å². The molecule has 10 heterocycles. The number of aryl methyl sites for hydroxylation is 2. The number of carbonyl (C=O) groups is 8. The predicted octanol–water partition coefficient (Wildman–Crippen LogP) is 13.9. The van der Waals surface area contributed by atoms with Crippen LogP contribution in [0.4, 0.5) is 65.7 Å². The molecule has 9 amide bonds. The fourth-order valence-electron chi connectivity index (χ4n) is 20.7. The number of alkyl halides is 8. The number of aliphatic imine (C=N–C) groups is 1. The largest absolute Gasteiger partial charge is 0.480 e. The third kappa shape index (κ3) is 19.6. The summed E-state index contributed by atoms with van der Waals surface area (Å²) in [5.74, 6) is -12.4. The number of likely N-dealkylation sites (tertiary alicyclic amines) is 5. The lowest BCUT2D eigenvalue weighted by Gasteiger charge is -2.37. The highest BCUT2D eigenvalue weighted by molar-refractivity contribution is 6.07. The van der Waals surface area contributed by atoms with Gasteiger partial charge in [0.2, 0.25) is 17.1 Å². The summed E-state index contributed by atoms with van der Waals surface area (Å²) < 4.78 is 124.